The maximum atomic E-state index is 0. The summed E-state index contributed by atoms with van der Waals surface area (Å²) in [5, 5.41) is 0. The summed E-state index contributed by atoms with van der Waals surface area (Å²) < 4.78 is 0. The molecule has 0 bridgehead atoms. The van der Waals surface area contributed by atoms with Crippen LogP contribution in [0, 0.1) is 0 Å². The SMILES string of the molecule is [Cr+3].[Mn+2].[O-2].[O-2].[O-2].[Zn+2]. The van der Waals surface area contributed by atoms with Crippen molar-refractivity contribution in [3.05, 3.63) is 0 Å². The average Bonchev–Trinajstić information content (AvgIpc) is 0. The van der Waals surface area contributed by atoms with Crippen molar-refractivity contribution < 1.29 is 70.3 Å². The molecule has 0 aromatic rings. The Bertz CT molecular complexity index is 10.8. The van der Waals surface area contributed by atoms with Crippen molar-refractivity contribution in [2.24, 2.45) is 0 Å². The summed E-state index contributed by atoms with van der Waals surface area (Å²) in [6.07, 6.45) is 0. The third kappa shape index (κ3) is 47.7. The topological polar surface area (TPSA) is 85.5 Å². The van der Waals surface area contributed by atoms with Crippen molar-refractivity contribution in [3.63, 3.8) is 0 Å². The number of rotatable bonds is 0. The van der Waals surface area contributed by atoms with E-state index in [0.717, 1.165) is 0 Å². The molecule has 0 atom stereocenters. The minimum absolute atomic E-state index is 0. The maximum absolute atomic E-state index is 0. The fourth-order valence-electron chi connectivity index (χ4n) is 0. The summed E-state index contributed by atoms with van der Waals surface area (Å²) in [6, 6.07) is 0. The van der Waals surface area contributed by atoms with Gasteiger partial charge in [0.1, 0.15) is 0 Å². The van der Waals surface area contributed by atoms with Gasteiger partial charge in [-0.2, -0.15) is 0 Å². The molecule has 0 aliphatic carbocycles. The average molecular weight is 220 g/mol. The molecule has 0 rings (SSSR count). The van der Waals surface area contributed by atoms with Crippen molar-refractivity contribution in [1.82, 2.24) is 0 Å². The van der Waals surface area contributed by atoms with Crippen molar-refractivity contribution in [2.45, 2.75) is 0 Å². The molecule has 0 N–H and O–H groups in total. The summed E-state index contributed by atoms with van der Waals surface area (Å²) in [5.74, 6) is 0. The summed E-state index contributed by atoms with van der Waals surface area (Å²) in [5.41, 5.74) is 0. The van der Waals surface area contributed by atoms with Gasteiger partial charge in [-0.15, -0.1) is 0 Å². The zero-order chi connectivity index (χ0) is 0. The molecule has 0 aromatic heterocycles. The van der Waals surface area contributed by atoms with E-state index in [2.05, 4.69) is 0 Å². The summed E-state index contributed by atoms with van der Waals surface area (Å²) >= 11 is 0. The van der Waals surface area contributed by atoms with Crippen LogP contribution < -0.4 is 0 Å². The molecule has 6 heteroatoms. The summed E-state index contributed by atoms with van der Waals surface area (Å²) in [7, 11) is 0. The van der Waals surface area contributed by atoms with Crippen molar-refractivity contribution in [3.8, 4) is 0 Å². The Morgan fingerprint density at radius 1 is 0.667 bits per heavy atom. The van der Waals surface area contributed by atoms with E-state index >= 15 is 0 Å². The molecule has 32 valence electrons. The minimum Gasteiger partial charge on any atom is -2.00 e. The molecule has 0 spiro atoms. The van der Waals surface area contributed by atoms with Crippen LogP contribution in [0.25, 0.3) is 0 Å². The van der Waals surface area contributed by atoms with Crippen LogP contribution in [0.1, 0.15) is 0 Å². The van der Waals surface area contributed by atoms with Crippen LogP contribution in [0.4, 0.5) is 0 Å². The molecule has 2 radical (unpaired) electrons. The van der Waals surface area contributed by atoms with Crippen molar-refractivity contribution in [2.75, 3.05) is 0 Å². The molecule has 0 fully saturated rings. The monoisotopic (exact) mass is 219 g/mol. The van der Waals surface area contributed by atoms with Crippen LogP contribution in [0.15, 0.2) is 0 Å². The van der Waals surface area contributed by atoms with Crippen LogP contribution in [0.5, 0.6) is 0 Å². The zero-order valence-corrected chi connectivity index (χ0v) is 8.14. The molecule has 0 saturated heterocycles. The molecule has 0 unspecified atom stereocenters. The van der Waals surface area contributed by atoms with Gasteiger partial charge in [0.05, 0.1) is 0 Å². The second-order valence-corrected chi connectivity index (χ2v) is 0. The first-order chi connectivity index (χ1) is 0. The van der Waals surface area contributed by atoms with Gasteiger partial charge in [-0.05, 0) is 0 Å². The Morgan fingerprint density at radius 3 is 0.667 bits per heavy atom. The van der Waals surface area contributed by atoms with Crippen LogP contribution in [0.3, 0.4) is 0 Å². The summed E-state index contributed by atoms with van der Waals surface area (Å²) in [4.78, 5) is 0. The molecule has 0 aromatic carbocycles. The Morgan fingerprint density at radius 2 is 0.667 bits per heavy atom. The van der Waals surface area contributed by atoms with E-state index in [-0.39, 0.29) is 70.3 Å². The molecular weight excluding hydrogens is 220 g/mol. The molecule has 0 aliphatic rings. The quantitative estimate of drug-likeness (QED) is 0.499. The van der Waals surface area contributed by atoms with Gasteiger partial charge in [-0.3, -0.25) is 0 Å². The van der Waals surface area contributed by atoms with E-state index in [1.165, 1.54) is 0 Å². The van der Waals surface area contributed by atoms with Gasteiger partial charge in [0.15, 0.2) is 0 Å². The minimum atomic E-state index is 0. The molecule has 0 aliphatic heterocycles. The molecule has 0 heterocycles. The molecule has 6 heavy (non-hydrogen) atoms. The first kappa shape index (κ1) is 134. The Balaban J connectivity index is 0. The molecule has 3 nitrogen and oxygen atoms in total. The van der Waals surface area contributed by atoms with Gasteiger partial charge < -0.3 is 16.4 Å². The second kappa shape index (κ2) is 83.6. The van der Waals surface area contributed by atoms with Crippen LogP contribution >= 0.6 is 0 Å². The predicted octanol–water partition coefficient (Wildman–Crippen LogP) is -0.364. The van der Waals surface area contributed by atoms with Gasteiger partial charge in [-0.1, -0.05) is 0 Å². The fourth-order valence-corrected chi connectivity index (χ4v) is 0. The number of hydrogen-bond donors (Lipinski definition) is 0. The van der Waals surface area contributed by atoms with Crippen LogP contribution in [-0.2, 0) is 70.3 Å². The van der Waals surface area contributed by atoms with Gasteiger partial charge in [0.2, 0.25) is 0 Å². The Hall–Kier alpha value is 1.56. The van der Waals surface area contributed by atoms with E-state index < -0.39 is 0 Å². The van der Waals surface area contributed by atoms with E-state index in [1.54, 1.807) is 0 Å². The van der Waals surface area contributed by atoms with Gasteiger partial charge in [0, 0.05) is 0 Å². The van der Waals surface area contributed by atoms with Gasteiger partial charge >= 0.3 is 53.9 Å². The molecule has 0 amide bonds. The Labute approximate surface area is 70.2 Å². The first-order valence-electron chi connectivity index (χ1n) is 0. The zero-order valence-electron chi connectivity index (χ0n) is 2.72. The van der Waals surface area contributed by atoms with E-state index in [4.69, 9.17) is 0 Å². The van der Waals surface area contributed by atoms with Crippen molar-refractivity contribution in [1.29, 1.82) is 0 Å². The Kier molecular flexibility index (Phi) is 1870. The fraction of sp³-hybridized carbons (Fsp3) is 0. The van der Waals surface area contributed by atoms with Crippen LogP contribution in [-0.4, -0.2) is 0 Å². The predicted molar refractivity (Wildman–Crippen MR) is 2.06 cm³/mol. The van der Waals surface area contributed by atoms with E-state index in [1.807, 2.05) is 0 Å². The van der Waals surface area contributed by atoms with Gasteiger partial charge in [0.25, 0.3) is 0 Å². The largest absolute Gasteiger partial charge is 3.00 e. The van der Waals surface area contributed by atoms with Gasteiger partial charge in [-0.25, -0.2) is 0 Å². The molecular formula is CrMnO3Zn+. The van der Waals surface area contributed by atoms with E-state index in [0.29, 0.717) is 0 Å². The second-order valence-electron chi connectivity index (χ2n) is 0. The van der Waals surface area contributed by atoms with Crippen molar-refractivity contribution >= 4 is 0 Å². The molecule has 0 saturated carbocycles. The normalized spacial score (nSPS) is 0. The van der Waals surface area contributed by atoms with Crippen LogP contribution in [0.2, 0.25) is 0 Å². The third-order valence-electron chi connectivity index (χ3n) is 0. The smallest absolute Gasteiger partial charge is 2.00 e. The standard InChI is InChI=1S/Cr.Mn.3O.Zn/q+3;+2;3*-2;+2. The number of hydrogen-bond acceptors (Lipinski definition) is 0. The third-order valence-corrected chi connectivity index (χ3v) is 0. The summed E-state index contributed by atoms with van der Waals surface area (Å²) in [6.45, 7) is 0. The maximum Gasteiger partial charge on any atom is 3.00 e. The first-order valence-corrected chi connectivity index (χ1v) is 0. The van der Waals surface area contributed by atoms with E-state index in [9.17, 15) is 0 Å².